The van der Waals surface area contributed by atoms with Gasteiger partial charge in [-0.1, -0.05) is 0 Å². The second-order valence-electron chi connectivity index (χ2n) is 9.70. The monoisotopic (exact) mass is 492 g/mol. The molecule has 6 rings (SSSR count). The van der Waals surface area contributed by atoms with E-state index in [1.54, 1.807) is 0 Å². The van der Waals surface area contributed by atoms with E-state index in [1.165, 1.54) is 12.1 Å². The van der Waals surface area contributed by atoms with Crippen LogP contribution in [0.2, 0.25) is 0 Å². The number of aliphatic hydroxyl groups is 1. The van der Waals surface area contributed by atoms with Crippen molar-refractivity contribution >= 4 is 11.2 Å². The van der Waals surface area contributed by atoms with Crippen molar-refractivity contribution in [1.82, 2.24) is 29.7 Å². The molecule has 36 heavy (non-hydrogen) atoms. The van der Waals surface area contributed by atoms with Gasteiger partial charge in [-0.3, -0.25) is 4.68 Å². The van der Waals surface area contributed by atoms with Gasteiger partial charge in [-0.2, -0.15) is 5.10 Å². The normalized spacial score (nSPS) is 22.3. The van der Waals surface area contributed by atoms with Gasteiger partial charge in [0.05, 0.1) is 42.4 Å². The van der Waals surface area contributed by atoms with E-state index in [2.05, 4.69) is 15.1 Å². The quantitative estimate of drug-likeness (QED) is 0.438. The van der Waals surface area contributed by atoms with Crippen molar-refractivity contribution in [3.8, 4) is 11.3 Å². The predicted octanol–water partition coefficient (Wildman–Crippen LogP) is 4.51. The van der Waals surface area contributed by atoms with E-state index in [0.717, 1.165) is 24.5 Å². The average Bonchev–Trinajstić information content (AvgIpc) is 3.60. The highest BCUT2D eigenvalue weighted by Crippen LogP contribution is 2.41. The molecule has 1 N–H and O–H groups in total. The molecule has 0 radical (unpaired) electrons. The molecule has 3 atom stereocenters. The van der Waals surface area contributed by atoms with E-state index in [9.17, 15) is 13.9 Å². The lowest BCUT2D eigenvalue weighted by atomic mass is 9.88. The molecular weight excluding hydrogens is 466 g/mol. The number of aliphatic hydroxyl groups excluding tert-OH is 1. The minimum Gasteiger partial charge on any atom is -0.394 e. The molecule has 0 unspecified atom stereocenters. The largest absolute Gasteiger partial charge is 0.394 e. The van der Waals surface area contributed by atoms with Crippen LogP contribution in [0.15, 0.2) is 30.6 Å². The topological polar surface area (TPSA) is 98.8 Å². The van der Waals surface area contributed by atoms with Crippen LogP contribution in [0.1, 0.15) is 66.5 Å². The minimum atomic E-state index is -0.730. The summed E-state index contributed by atoms with van der Waals surface area (Å²) in [7, 11) is 0. The van der Waals surface area contributed by atoms with Gasteiger partial charge in [0, 0.05) is 29.3 Å². The van der Waals surface area contributed by atoms with Crippen LogP contribution < -0.4 is 0 Å². The van der Waals surface area contributed by atoms with Crippen molar-refractivity contribution in [2.75, 3.05) is 6.61 Å². The highest BCUT2D eigenvalue weighted by molar-refractivity contribution is 5.87. The number of nitrogens with zero attached hydrogens (tertiary/aromatic N) is 6. The first kappa shape index (κ1) is 23.1. The zero-order chi connectivity index (χ0) is 25.0. The number of benzene rings is 1. The fourth-order valence-electron chi connectivity index (χ4n) is 4.80. The Hall–Kier alpha value is -3.37. The Bertz CT molecular complexity index is 1450. The van der Waals surface area contributed by atoms with Crippen LogP contribution in [-0.2, 0) is 4.74 Å². The number of aromatic nitrogens is 6. The van der Waals surface area contributed by atoms with Crippen molar-refractivity contribution in [3.05, 3.63) is 65.0 Å². The number of aryl methyl sites for hydroxylation is 2. The Balaban J connectivity index is 1.44. The van der Waals surface area contributed by atoms with Crippen molar-refractivity contribution in [2.24, 2.45) is 0 Å². The fourth-order valence-corrected chi connectivity index (χ4v) is 4.80. The second-order valence-corrected chi connectivity index (χ2v) is 9.70. The summed E-state index contributed by atoms with van der Waals surface area (Å²) in [6.07, 6.45) is 6.46. The van der Waals surface area contributed by atoms with Crippen LogP contribution in [0.4, 0.5) is 8.78 Å². The summed E-state index contributed by atoms with van der Waals surface area (Å²) in [6, 6.07) is 3.85. The first-order valence-corrected chi connectivity index (χ1v) is 12.2. The summed E-state index contributed by atoms with van der Waals surface area (Å²) in [4.78, 5) is 18.7. The molecule has 1 aromatic carbocycles. The van der Waals surface area contributed by atoms with Crippen molar-refractivity contribution in [2.45, 2.75) is 63.7 Å². The lowest BCUT2D eigenvalue weighted by Gasteiger charge is -2.33. The highest BCUT2D eigenvalue weighted by Gasteiger charge is 2.35. The minimum absolute atomic E-state index is 0.135. The number of fused-ring (bicyclic) bond motifs is 1. The van der Waals surface area contributed by atoms with E-state index < -0.39 is 17.7 Å². The molecule has 8 nitrogen and oxygen atoms in total. The maximum Gasteiger partial charge on any atom is 0.182 e. The molecule has 4 aromatic rings. The third-order valence-electron chi connectivity index (χ3n) is 7.03. The van der Waals surface area contributed by atoms with Crippen LogP contribution in [0.25, 0.3) is 22.4 Å². The maximum atomic E-state index is 14.9. The van der Waals surface area contributed by atoms with Crippen molar-refractivity contribution in [1.29, 1.82) is 0 Å². The maximum absolute atomic E-state index is 14.9. The molecule has 186 valence electrons. The van der Waals surface area contributed by atoms with E-state index >= 15 is 0 Å². The molecule has 0 bridgehead atoms. The molecule has 0 spiro atoms. The predicted molar refractivity (Wildman–Crippen MR) is 127 cm³/mol. The van der Waals surface area contributed by atoms with Gasteiger partial charge in [0.1, 0.15) is 28.7 Å². The van der Waals surface area contributed by atoms with Crippen LogP contribution in [0.3, 0.4) is 0 Å². The first-order chi connectivity index (χ1) is 17.4. The Morgan fingerprint density at radius 1 is 1.06 bits per heavy atom. The molecule has 1 saturated heterocycles. The number of halogens is 2. The molecule has 2 aliphatic rings. The third-order valence-corrected chi connectivity index (χ3v) is 7.03. The number of hydrogen-bond donors (Lipinski definition) is 1. The fraction of sp³-hybridized carbons (Fsp3) is 0.423. The Morgan fingerprint density at radius 2 is 1.86 bits per heavy atom. The highest BCUT2D eigenvalue weighted by atomic mass is 19.1. The van der Waals surface area contributed by atoms with E-state index in [4.69, 9.17) is 14.7 Å². The SMILES string of the molecule is Cc1nc2nc([C@H]3C[C@H](CO)O[C@H](c4cnn(C5CC5)c4)C3)nc(-c3ccc(F)cc3F)c2nc1C. The summed E-state index contributed by atoms with van der Waals surface area (Å²) < 4.78 is 36.7. The van der Waals surface area contributed by atoms with Gasteiger partial charge in [0.2, 0.25) is 0 Å². The second kappa shape index (κ2) is 8.94. The molecule has 1 aliphatic heterocycles. The molecule has 1 aliphatic carbocycles. The molecule has 3 aromatic heterocycles. The van der Waals surface area contributed by atoms with Crippen LogP contribution in [0, 0.1) is 25.5 Å². The van der Waals surface area contributed by atoms with Crippen molar-refractivity contribution < 1.29 is 18.6 Å². The first-order valence-electron chi connectivity index (χ1n) is 12.2. The van der Waals surface area contributed by atoms with Gasteiger partial charge in [0.15, 0.2) is 5.65 Å². The third kappa shape index (κ3) is 4.24. The van der Waals surface area contributed by atoms with E-state index in [-0.39, 0.29) is 29.9 Å². The van der Waals surface area contributed by atoms with Gasteiger partial charge < -0.3 is 9.84 Å². The molecule has 4 heterocycles. The van der Waals surface area contributed by atoms with Gasteiger partial charge in [-0.05, 0) is 51.7 Å². The summed E-state index contributed by atoms with van der Waals surface area (Å²) in [5.74, 6) is -1.11. The van der Waals surface area contributed by atoms with Crippen molar-refractivity contribution in [3.63, 3.8) is 0 Å². The molecule has 0 amide bonds. The smallest absolute Gasteiger partial charge is 0.182 e. The van der Waals surface area contributed by atoms with Gasteiger partial charge >= 0.3 is 0 Å². The molecule has 2 fully saturated rings. The van der Waals surface area contributed by atoms with Crippen LogP contribution >= 0.6 is 0 Å². The van der Waals surface area contributed by atoms with Gasteiger partial charge in [-0.15, -0.1) is 0 Å². The average molecular weight is 493 g/mol. The van der Waals surface area contributed by atoms with Gasteiger partial charge in [0.25, 0.3) is 0 Å². The zero-order valence-electron chi connectivity index (χ0n) is 20.0. The molecular formula is C26H26F2N6O2. The van der Waals surface area contributed by atoms with Gasteiger partial charge in [-0.25, -0.2) is 28.7 Å². The number of hydrogen-bond acceptors (Lipinski definition) is 7. The molecule has 1 saturated carbocycles. The number of ether oxygens (including phenoxy) is 1. The zero-order valence-corrected chi connectivity index (χ0v) is 20.0. The van der Waals surface area contributed by atoms with Crippen LogP contribution in [0.5, 0.6) is 0 Å². The summed E-state index contributed by atoms with van der Waals surface area (Å²) in [5, 5.41) is 14.4. The Morgan fingerprint density at radius 3 is 2.61 bits per heavy atom. The van der Waals surface area contributed by atoms with E-state index in [0.29, 0.717) is 47.3 Å². The van der Waals surface area contributed by atoms with E-state index in [1.807, 2.05) is 30.9 Å². The molecule has 10 heteroatoms. The van der Waals surface area contributed by atoms with Crippen LogP contribution in [-0.4, -0.2) is 47.5 Å². The summed E-state index contributed by atoms with van der Waals surface area (Å²) in [6.45, 7) is 3.51. The summed E-state index contributed by atoms with van der Waals surface area (Å²) >= 11 is 0. The lowest BCUT2D eigenvalue weighted by molar-refractivity contribution is -0.0819. The Labute approximate surface area is 206 Å². The lowest BCUT2D eigenvalue weighted by Crippen LogP contribution is -2.30. The summed E-state index contributed by atoms with van der Waals surface area (Å²) in [5.41, 5.74) is 3.46. The number of rotatable bonds is 5. The Kier molecular flexibility index (Phi) is 5.72. The standard InChI is InChI=1S/C26H26F2N6O2/c1-13-14(2)31-26-24(30-13)23(20-6-3-17(27)9-21(20)28)32-25(33-26)15-7-19(12-35)36-22(8-15)16-10-29-34(11-16)18-4-5-18/h3,6,9-11,15,18-19,22,35H,4-5,7-8,12H2,1-2H3/t15-,19+,22-/m0/s1.